The van der Waals surface area contributed by atoms with E-state index < -0.39 is 0 Å². The molecule has 3 aromatic rings. The topological polar surface area (TPSA) is 59.8 Å². The SMILES string of the molecule is Cc1c(C(C)NC(=O)c2ccnc(Cl)c2)cnn1-c1ccc(F)cc1. The molecule has 0 aliphatic heterocycles. The fraction of sp³-hybridized carbons (Fsp3) is 0.167. The number of carbonyl (C=O) groups is 1. The molecule has 1 N–H and O–H groups in total. The van der Waals surface area contributed by atoms with Crippen molar-refractivity contribution in [3.8, 4) is 5.69 Å². The van der Waals surface area contributed by atoms with Crippen molar-refractivity contribution in [3.05, 3.63) is 76.6 Å². The van der Waals surface area contributed by atoms with Crippen LogP contribution in [0.15, 0.2) is 48.8 Å². The third kappa shape index (κ3) is 3.69. The summed E-state index contributed by atoms with van der Waals surface area (Å²) in [5.74, 6) is -0.545. The molecule has 5 nitrogen and oxygen atoms in total. The number of hydrogen-bond acceptors (Lipinski definition) is 3. The van der Waals surface area contributed by atoms with Crippen LogP contribution in [0.2, 0.25) is 5.15 Å². The summed E-state index contributed by atoms with van der Waals surface area (Å²) in [7, 11) is 0. The number of carbonyl (C=O) groups excluding carboxylic acids is 1. The lowest BCUT2D eigenvalue weighted by Gasteiger charge is -2.14. The fourth-order valence-electron chi connectivity index (χ4n) is 2.59. The summed E-state index contributed by atoms with van der Waals surface area (Å²) >= 11 is 5.82. The Bertz CT molecular complexity index is 908. The number of rotatable bonds is 4. The molecule has 0 radical (unpaired) electrons. The van der Waals surface area contributed by atoms with Crippen LogP contribution >= 0.6 is 11.6 Å². The predicted octanol–water partition coefficient (Wildman–Crippen LogP) is 3.86. The van der Waals surface area contributed by atoms with Gasteiger partial charge in [0.25, 0.3) is 5.91 Å². The second kappa shape index (κ2) is 7.03. The van der Waals surface area contributed by atoms with Crippen molar-refractivity contribution in [3.63, 3.8) is 0 Å². The zero-order valence-electron chi connectivity index (χ0n) is 13.7. The standard InChI is InChI=1S/C18H16ClFN4O/c1-11(23-18(25)13-7-8-21-17(19)9-13)16-10-22-24(12(16)2)15-5-3-14(20)4-6-15/h3-11H,1-2H3,(H,23,25). The Labute approximate surface area is 149 Å². The Balaban J connectivity index is 1.80. The van der Waals surface area contributed by atoms with Gasteiger partial charge in [-0.1, -0.05) is 11.6 Å². The van der Waals surface area contributed by atoms with E-state index >= 15 is 0 Å². The third-order valence-electron chi connectivity index (χ3n) is 3.92. The summed E-state index contributed by atoms with van der Waals surface area (Å²) < 4.78 is 14.8. The van der Waals surface area contributed by atoms with Crippen LogP contribution in [-0.4, -0.2) is 20.7 Å². The predicted molar refractivity (Wildman–Crippen MR) is 93.4 cm³/mol. The third-order valence-corrected chi connectivity index (χ3v) is 4.13. The average molecular weight is 359 g/mol. The number of aromatic nitrogens is 3. The Morgan fingerprint density at radius 3 is 2.68 bits per heavy atom. The van der Waals surface area contributed by atoms with E-state index in [4.69, 9.17) is 11.6 Å². The van der Waals surface area contributed by atoms with Crippen molar-refractivity contribution in [1.82, 2.24) is 20.1 Å². The zero-order valence-corrected chi connectivity index (χ0v) is 14.5. The quantitative estimate of drug-likeness (QED) is 0.720. The maximum absolute atomic E-state index is 13.1. The van der Waals surface area contributed by atoms with Crippen LogP contribution in [0, 0.1) is 12.7 Å². The maximum atomic E-state index is 13.1. The smallest absolute Gasteiger partial charge is 0.251 e. The molecule has 0 bridgehead atoms. The molecule has 7 heteroatoms. The summed E-state index contributed by atoms with van der Waals surface area (Å²) in [6, 6.07) is 8.93. The van der Waals surface area contributed by atoms with E-state index in [1.165, 1.54) is 24.4 Å². The average Bonchev–Trinajstić information content (AvgIpc) is 2.97. The molecule has 1 aromatic carbocycles. The Hall–Kier alpha value is -2.73. The van der Waals surface area contributed by atoms with Crippen LogP contribution in [-0.2, 0) is 0 Å². The lowest BCUT2D eigenvalue weighted by Crippen LogP contribution is -2.27. The molecule has 0 fully saturated rings. The van der Waals surface area contributed by atoms with Crippen LogP contribution in [0.25, 0.3) is 5.69 Å². The summed E-state index contributed by atoms with van der Waals surface area (Å²) in [6.45, 7) is 3.78. The van der Waals surface area contributed by atoms with Gasteiger partial charge < -0.3 is 5.32 Å². The molecule has 1 amide bonds. The first-order chi connectivity index (χ1) is 12.0. The van der Waals surface area contributed by atoms with Gasteiger partial charge in [0.15, 0.2) is 0 Å². The van der Waals surface area contributed by atoms with Gasteiger partial charge in [-0.15, -0.1) is 0 Å². The fourth-order valence-corrected chi connectivity index (χ4v) is 2.77. The highest BCUT2D eigenvalue weighted by Crippen LogP contribution is 2.21. The lowest BCUT2D eigenvalue weighted by molar-refractivity contribution is 0.0939. The van der Waals surface area contributed by atoms with Crippen molar-refractivity contribution >= 4 is 17.5 Å². The number of pyridine rings is 1. The number of amides is 1. The minimum absolute atomic E-state index is 0.245. The highest BCUT2D eigenvalue weighted by atomic mass is 35.5. The van der Waals surface area contributed by atoms with Crippen LogP contribution in [0.1, 0.15) is 34.6 Å². The molecule has 25 heavy (non-hydrogen) atoms. The molecule has 1 atom stereocenters. The molecule has 0 aliphatic rings. The number of halogens is 2. The molecule has 2 heterocycles. The monoisotopic (exact) mass is 358 g/mol. The first kappa shape index (κ1) is 17.1. The van der Waals surface area contributed by atoms with E-state index in [2.05, 4.69) is 15.4 Å². The van der Waals surface area contributed by atoms with Gasteiger partial charge in [0.1, 0.15) is 11.0 Å². The van der Waals surface area contributed by atoms with Gasteiger partial charge in [-0.25, -0.2) is 14.1 Å². The van der Waals surface area contributed by atoms with Crippen LogP contribution in [0.5, 0.6) is 0 Å². The van der Waals surface area contributed by atoms with Gasteiger partial charge >= 0.3 is 0 Å². The van der Waals surface area contributed by atoms with Gasteiger partial charge in [-0.05, 0) is 50.2 Å². The molecule has 0 spiro atoms. The Kier molecular flexibility index (Phi) is 4.81. The summed E-state index contributed by atoms with van der Waals surface area (Å²) in [5, 5.41) is 7.52. The highest BCUT2D eigenvalue weighted by Gasteiger charge is 2.17. The van der Waals surface area contributed by atoms with Crippen molar-refractivity contribution in [1.29, 1.82) is 0 Å². The molecule has 0 aliphatic carbocycles. The number of nitrogens with zero attached hydrogens (tertiary/aromatic N) is 3. The first-order valence-electron chi connectivity index (χ1n) is 7.68. The van der Waals surface area contributed by atoms with Gasteiger partial charge in [0.05, 0.1) is 17.9 Å². The van der Waals surface area contributed by atoms with Gasteiger partial charge in [0, 0.05) is 23.0 Å². The van der Waals surface area contributed by atoms with Crippen molar-refractivity contribution in [2.75, 3.05) is 0 Å². The molecule has 128 valence electrons. The van der Waals surface area contributed by atoms with E-state index in [0.29, 0.717) is 5.56 Å². The van der Waals surface area contributed by atoms with E-state index in [9.17, 15) is 9.18 Å². The lowest BCUT2D eigenvalue weighted by atomic mass is 10.1. The Morgan fingerprint density at radius 1 is 1.28 bits per heavy atom. The van der Waals surface area contributed by atoms with E-state index in [1.54, 1.807) is 29.1 Å². The highest BCUT2D eigenvalue weighted by molar-refractivity contribution is 6.29. The minimum atomic E-state index is -0.301. The Morgan fingerprint density at radius 2 is 2.00 bits per heavy atom. The first-order valence-corrected chi connectivity index (χ1v) is 8.06. The van der Waals surface area contributed by atoms with Crippen molar-refractivity contribution < 1.29 is 9.18 Å². The molecule has 2 aromatic heterocycles. The second-order valence-electron chi connectivity index (χ2n) is 5.64. The van der Waals surface area contributed by atoms with Gasteiger partial charge in [-0.3, -0.25) is 4.79 Å². The molecular weight excluding hydrogens is 343 g/mol. The summed E-state index contributed by atoms with van der Waals surface area (Å²) in [4.78, 5) is 16.2. The molecule has 0 saturated carbocycles. The molecule has 1 unspecified atom stereocenters. The summed E-state index contributed by atoms with van der Waals surface area (Å²) in [5.41, 5.74) is 2.94. The van der Waals surface area contributed by atoms with Crippen molar-refractivity contribution in [2.24, 2.45) is 0 Å². The van der Waals surface area contributed by atoms with Crippen LogP contribution < -0.4 is 5.32 Å². The summed E-state index contributed by atoms with van der Waals surface area (Å²) in [6.07, 6.45) is 3.18. The zero-order chi connectivity index (χ0) is 18.0. The number of benzene rings is 1. The van der Waals surface area contributed by atoms with E-state index in [0.717, 1.165) is 16.9 Å². The van der Waals surface area contributed by atoms with Gasteiger partial charge in [-0.2, -0.15) is 5.10 Å². The normalized spacial score (nSPS) is 12.0. The largest absolute Gasteiger partial charge is 0.345 e. The van der Waals surface area contributed by atoms with E-state index in [1.807, 2.05) is 13.8 Å². The second-order valence-corrected chi connectivity index (χ2v) is 6.02. The number of nitrogens with one attached hydrogen (secondary N) is 1. The van der Waals surface area contributed by atoms with Gasteiger partial charge in [0.2, 0.25) is 0 Å². The molecule has 3 rings (SSSR count). The number of hydrogen-bond donors (Lipinski definition) is 1. The van der Waals surface area contributed by atoms with Crippen molar-refractivity contribution in [2.45, 2.75) is 19.9 Å². The van der Waals surface area contributed by atoms with Crippen LogP contribution in [0.4, 0.5) is 4.39 Å². The molecular formula is C18H16ClFN4O. The maximum Gasteiger partial charge on any atom is 0.251 e. The van der Waals surface area contributed by atoms with Crippen LogP contribution in [0.3, 0.4) is 0 Å². The minimum Gasteiger partial charge on any atom is -0.345 e. The van der Waals surface area contributed by atoms with E-state index in [-0.39, 0.29) is 22.9 Å². The molecule has 0 saturated heterocycles.